The van der Waals surface area contributed by atoms with Crippen molar-refractivity contribution < 1.29 is 33.4 Å². The standard InChI is InChI=1S/C13H19F2N3O5/c14-13(15)5-18(6-13)11(21)9(19)8(17-12(22)23)4-7-2-1-3-16-10(7)20/h7-9,17,19H,1-6H2,(H,16,20)(H,22,23)/t7-,8-,9?/m0/s1. The number of rotatable bonds is 5. The number of nitrogens with one attached hydrogen (secondary N) is 2. The maximum atomic E-state index is 12.8. The lowest BCUT2D eigenvalue weighted by molar-refractivity contribution is -0.174. The minimum absolute atomic E-state index is 0.0741. The van der Waals surface area contributed by atoms with Crippen LogP contribution in [0.1, 0.15) is 19.3 Å². The Hall–Kier alpha value is -1.97. The first kappa shape index (κ1) is 17.4. The molecule has 2 aliphatic rings. The van der Waals surface area contributed by atoms with Crippen molar-refractivity contribution in [1.82, 2.24) is 15.5 Å². The fourth-order valence-corrected chi connectivity index (χ4v) is 2.82. The molecule has 23 heavy (non-hydrogen) atoms. The minimum atomic E-state index is -2.98. The quantitative estimate of drug-likeness (QED) is 0.534. The molecule has 2 heterocycles. The fourth-order valence-electron chi connectivity index (χ4n) is 2.82. The van der Waals surface area contributed by atoms with Gasteiger partial charge in [-0.15, -0.1) is 0 Å². The molecule has 2 fully saturated rings. The second-order valence-electron chi connectivity index (χ2n) is 5.92. The van der Waals surface area contributed by atoms with Crippen molar-refractivity contribution in [3.63, 3.8) is 0 Å². The molecule has 2 rings (SSSR count). The van der Waals surface area contributed by atoms with Gasteiger partial charge in [0.2, 0.25) is 5.91 Å². The van der Waals surface area contributed by atoms with Crippen LogP contribution in [0, 0.1) is 5.92 Å². The first-order chi connectivity index (χ1) is 10.7. The van der Waals surface area contributed by atoms with Gasteiger partial charge in [-0.25, -0.2) is 13.6 Å². The highest BCUT2D eigenvalue weighted by molar-refractivity contribution is 5.84. The van der Waals surface area contributed by atoms with E-state index < -0.39 is 49.1 Å². The van der Waals surface area contributed by atoms with Crippen LogP contribution in [0.5, 0.6) is 0 Å². The molecule has 0 bridgehead atoms. The highest BCUT2D eigenvalue weighted by atomic mass is 19.3. The Labute approximate surface area is 130 Å². The zero-order valence-corrected chi connectivity index (χ0v) is 12.3. The summed E-state index contributed by atoms with van der Waals surface area (Å²) in [6, 6.07) is -1.23. The summed E-state index contributed by atoms with van der Waals surface area (Å²) in [6.07, 6.45) is -2.14. The number of carboxylic acid groups (broad SMARTS) is 1. The fraction of sp³-hybridized carbons (Fsp3) is 0.769. The number of piperidine rings is 1. The molecule has 0 saturated carbocycles. The molecule has 10 heteroatoms. The SMILES string of the molecule is O=C(O)N[C@@H](C[C@@H]1CCCNC1=O)C(O)C(=O)N1CC(F)(F)C1. The second-order valence-corrected chi connectivity index (χ2v) is 5.92. The monoisotopic (exact) mass is 335 g/mol. The molecule has 0 radical (unpaired) electrons. The molecule has 3 amide bonds. The Morgan fingerprint density at radius 2 is 2.09 bits per heavy atom. The van der Waals surface area contributed by atoms with Crippen LogP contribution in [0.15, 0.2) is 0 Å². The van der Waals surface area contributed by atoms with Crippen molar-refractivity contribution >= 4 is 17.9 Å². The van der Waals surface area contributed by atoms with Gasteiger partial charge in [-0.1, -0.05) is 0 Å². The van der Waals surface area contributed by atoms with Crippen LogP contribution in [-0.4, -0.2) is 70.7 Å². The average molecular weight is 335 g/mol. The smallest absolute Gasteiger partial charge is 0.404 e. The number of carbonyl (C=O) groups is 3. The van der Waals surface area contributed by atoms with Gasteiger partial charge in [-0.3, -0.25) is 9.59 Å². The second kappa shape index (κ2) is 6.65. The van der Waals surface area contributed by atoms with E-state index >= 15 is 0 Å². The lowest BCUT2D eigenvalue weighted by Gasteiger charge is -2.40. The van der Waals surface area contributed by atoms with Crippen molar-refractivity contribution in [3.05, 3.63) is 0 Å². The number of nitrogens with zero attached hydrogens (tertiary/aromatic N) is 1. The summed E-state index contributed by atoms with van der Waals surface area (Å²) in [6.45, 7) is -1.07. The van der Waals surface area contributed by atoms with Gasteiger partial charge < -0.3 is 25.7 Å². The van der Waals surface area contributed by atoms with Gasteiger partial charge in [0.15, 0.2) is 6.10 Å². The normalized spacial score (nSPS) is 25.8. The summed E-state index contributed by atoms with van der Waals surface area (Å²) < 4.78 is 25.6. The lowest BCUT2D eigenvalue weighted by Crippen LogP contribution is -2.63. The molecule has 0 aliphatic carbocycles. The Morgan fingerprint density at radius 3 is 2.61 bits per heavy atom. The van der Waals surface area contributed by atoms with Gasteiger partial charge in [0.25, 0.3) is 11.8 Å². The third-order valence-corrected chi connectivity index (χ3v) is 4.04. The topological polar surface area (TPSA) is 119 Å². The van der Waals surface area contributed by atoms with Gasteiger partial charge in [0, 0.05) is 12.5 Å². The molecule has 0 spiro atoms. The molecule has 8 nitrogen and oxygen atoms in total. The number of hydrogen-bond donors (Lipinski definition) is 4. The summed E-state index contributed by atoms with van der Waals surface area (Å²) >= 11 is 0. The maximum Gasteiger partial charge on any atom is 0.404 e. The zero-order chi connectivity index (χ0) is 17.2. The molecule has 2 aliphatic heterocycles. The number of hydrogen-bond acceptors (Lipinski definition) is 4. The van der Waals surface area contributed by atoms with Gasteiger partial charge in [-0.2, -0.15) is 0 Å². The molecular weight excluding hydrogens is 316 g/mol. The van der Waals surface area contributed by atoms with Crippen LogP contribution in [0.2, 0.25) is 0 Å². The summed E-state index contributed by atoms with van der Waals surface area (Å²) in [7, 11) is 0. The lowest BCUT2D eigenvalue weighted by atomic mass is 9.89. The Balaban J connectivity index is 2.00. The van der Waals surface area contributed by atoms with E-state index in [0.717, 1.165) is 4.90 Å². The molecule has 3 atom stereocenters. The van der Waals surface area contributed by atoms with Crippen LogP contribution in [0.4, 0.5) is 13.6 Å². The minimum Gasteiger partial charge on any atom is -0.465 e. The summed E-state index contributed by atoms with van der Waals surface area (Å²) in [5, 5.41) is 23.5. The molecule has 1 unspecified atom stereocenters. The molecule has 130 valence electrons. The first-order valence-corrected chi connectivity index (χ1v) is 7.31. The van der Waals surface area contributed by atoms with E-state index in [1.54, 1.807) is 0 Å². The first-order valence-electron chi connectivity index (χ1n) is 7.31. The summed E-state index contributed by atoms with van der Waals surface area (Å²) in [5.74, 6) is -4.76. The third kappa shape index (κ3) is 4.27. The number of alkyl halides is 2. The van der Waals surface area contributed by atoms with Gasteiger partial charge in [0.1, 0.15) is 0 Å². The van der Waals surface area contributed by atoms with Gasteiger partial charge in [-0.05, 0) is 19.3 Å². The van der Waals surface area contributed by atoms with E-state index in [1.807, 2.05) is 5.32 Å². The van der Waals surface area contributed by atoms with Gasteiger partial charge in [0.05, 0.1) is 19.1 Å². The number of amides is 3. The Morgan fingerprint density at radius 1 is 1.43 bits per heavy atom. The molecule has 0 aromatic rings. The Bertz CT molecular complexity index is 494. The number of aliphatic hydroxyl groups excluding tert-OH is 1. The van der Waals surface area contributed by atoms with Crippen molar-refractivity contribution in [3.8, 4) is 0 Å². The van der Waals surface area contributed by atoms with Crippen LogP contribution in [0.25, 0.3) is 0 Å². The van der Waals surface area contributed by atoms with Gasteiger partial charge >= 0.3 is 6.09 Å². The van der Waals surface area contributed by atoms with Crippen molar-refractivity contribution in [2.45, 2.75) is 37.3 Å². The van der Waals surface area contributed by atoms with Crippen LogP contribution in [0.3, 0.4) is 0 Å². The maximum absolute atomic E-state index is 12.8. The molecule has 4 N–H and O–H groups in total. The number of likely N-dealkylation sites (tertiary alicyclic amines) is 1. The predicted octanol–water partition coefficient (Wildman–Crippen LogP) is -0.623. The number of aliphatic hydroxyl groups is 1. The predicted molar refractivity (Wildman–Crippen MR) is 72.8 cm³/mol. The highest BCUT2D eigenvalue weighted by Gasteiger charge is 2.48. The van der Waals surface area contributed by atoms with Crippen LogP contribution >= 0.6 is 0 Å². The van der Waals surface area contributed by atoms with Crippen molar-refractivity contribution in [2.75, 3.05) is 19.6 Å². The highest BCUT2D eigenvalue weighted by Crippen LogP contribution is 2.28. The largest absolute Gasteiger partial charge is 0.465 e. The van der Waals surface area contributed by atoms with E-state index in [-0.39, 0.29) is 12.3 Å². The molecule has 0 aromatic heterocycles. The average Bonchev–Trinajstić information content (AvgIpc) is 2.44. The zero-order valence-electron chi connectivity index (χ0n) is 12.3. The van der Waals surface area contributed by atoms with Crippen LogP contribution < -0.4 is 10.6 Å². The van der Waals surface area contributed by atoms with Crippen LogP contribution in [-0.2, 0) is 9.59 Å². The van der Waals surface area contributed by atoms with E-state index in [2.05, 4.69) is 5.32 Å². The van der Waals surface area contributed by atoms with E-state index in [0.29, 0.717) is 19.4 Å². The molecular formula is C13H19F2N3O5. The summed E-state index contributed by atoms with van der Waals surface area (Å²) in [5.41, 5.74) is 0. The Kier molecular flexibility index (Phi) is 5.03. The van der Waals surface area contributed by atoms with Crippen molar-refractivity contribution in [1.29, 1.82) is 0 Å². The third-order valence-electron chi connectivity index (χ3n) is 4.04. The molecule has 2 saturated heterocycles. The number of halogens is 2. The van der Waals surface area contributed by atoms with E-state index in [4.69, 9.17) is 5.11 Å². The van der Waals surface area contributed by atoms with E-state index in [9.17, 15) is 28.3 Å². The van der Waals surface area contributed by atoms with Crippen molar-refractivity contribution in [2.24, 2.45) is 5.92 Å². The molecule has 0 aromatic carbocycles. The summed E-state index contributed by atoms with van der Waals surface area (Å²) in [4.78, 5) is 35.3. The number of carbonyl (C=O) groups excluding carboxylic acids is 2. The van der Waals surface area contributed by atoms with E-state index in [1.165, 1.54) is 0 Å².